The number of rotatable bonds is 4. The zero-order chi connectivity index (χ0) is 12.3. The molecule has 4 nitrogen and oxygen atoms in total. The maximum Gasteiger partial charge on any atom is 0.336 e. The molecule has 0 atom stereocenters. The van der Waals surface area contributed by atoms with Crippen LogP contribution < -0.4 is 0 Å². The number of aliphatic carboxylic acids is 2. The molecule has 0 saturated heterocycles. The normalized spacial score (nSPS) is 11.1. The molecule has 0 amide bonds. The number of halogens is 2. The summed E-state index contributed by atoms with van der Waals surface area (Å²) in [6.07, 6.45) is -0.309. The van der Waals surface area contributed by atoms with E-state index in [1.165, 1.54) is 24.3 Å². The van der Waals surface area contributed by atoms with Crippen molar-refractivity contribution in [1.82, 2.24) is 0 Å². The van der Waals surface area contributed by atoms with E-state index in [-0.39, 0.29) is 6.42 Å². The van der Waals surface area contributed by atoms with E-state index >= 15 is 0 Å². The van der Waals surface area contributed by atoms with Crippen molar-refractivity contribution in [2.45, 2.75) is 11.3 Å². The fourth-order valence-electron chi connectivity index (χ4n) is 1.13. The second-order valence-corrected chi connectivity index (χ2v) is 4.30. The smallest absolute Gasteiger partial charge is 0.336 e. The molecule has 6 heteroatoms. The van der Waals surface area contributed by atoms with Gasteiger partial charge >= 0.3 is 11.9 Å². The van der Waals surface area contributed by atoms with Crippen molar-refractivity contribution in [2.24, 2.45) is 0 Å². The van der Waals surface area contributed by atoms with Crippen LogP contribution in [0.3, 0.4) is 0 Å². The van der Waals surface area contributed by atoms with Crippen LogP contribution in [0.5, 0.6) is 0 Å². The van der Waals surface area contributed by atoms with Crippen LogP contribution in [0.4, 0.5) is 0 Å². The lowest BCUT2D eigenvalue weighted by Gasteiger charge is -2.16. The van der Waals surface area contributed by atoms with Gasteiger partial charge in [0.2, 0.25) is 4.87 Å². The van der Waals surface area contributed by atoms with Gasteiger partial charge in [-0.15, -0.1) is 0 Å². The molecular formula is C10H8Cl2O4. The Kier molecular flexibility index (Phi) is 3.78. The summed E-state index contributed by atoms with van der Waals surface area (Å²) in [5.74, 6) is -3.17. The van der Waals surface area contributed by atoms with E-state index in [4.69, 9.17) is 33.4 Å². The summed E-state index contributed by atoms with van der Waals surface area (Å²) in [5.41, 5.74) is 0.490. The Bertz CT molecular complexity index is 399. The second-order valence-electron chi connectivity index (χ2n) is 3.21. The molecule has 0 radical (unpaired) electrons. The van der Waals surface area contributed by atoms with Crippen LogP contribution in [0.1, 0.15) is 5.56 Å². The quantitative estimate of drug-likeness (QED) is 0.643. The number of carboxylic acid groups (broad SMARTS) is 2. The molecule has 1 aromatic rings. The molecule has 0 saturated carbocycles. The van der Waals surface area contributed by atoms with Crippen molar-refractivity contribution < 1.29 is 19.8 Å². The summed E-state index contributed by atoms with van der Waals surface area (Å²) >= 11 is 11.2. The van der Waals surface area contributed by atoms with Crippen LogP contribution in [0.25, 0.3) is 0 Å². The summed E-state index contributed by atoms with van der Waals surface area (Å²) in [5, 5.41) is 18.0. The van der Waals surface area contributed by atoms with Gasteiger partial charge in [0.25, 0.3) is 0 Å². The third kappa shape index (κ3) is 2.65. The molecular weight excluding hydrogens is 255 g/mol. The first-order valence-electron chi connectivity index (χ1n) is 4.26. The molecule has 86 valence electrons. The molecule has 0 aliphatic rings. The molecule has 0 heterocycles. The van der Waals surface area contributed by atoms with Gasteiger partial charge in [-0.25, -0.2) is 9.59 Å². The molecule has 0 aliphatic heterocycles. The van der Waals surface area contributed by atoms with Crippen molar-refractivity contribution in [3.63, 3.8) is 0 Å². The summed E-state index contributed by atoms with van der Waals surface area (Å²) in [4.78, 5) is 19.3. The van der Waals surface area contributed by atoms with E-state index in [1.54, 1.807) is 0 Å². The Labute approximate surface area is 101 Å². The lowest BCUT2D eigenvalue weighted by Crippen LogP contribution is -2.43. The van der Waals surface area contributed by atoms with E-state index < -0.39 is 16.8 Å². The second kappa shape index (κ2) is 4.72. The zero-order valence-corrected chi connectivity index (χ0v) is 9.50. The highest BCUT2D eigenvalue weighted by Crippen LogP contribution is 2.23. The number of carbonyl (C=O) groups is 2. The van der Waals surface area contributed by atoms with Gasteiger partial charge in [0.05, 0.1) is 0 Å². The fraction of sp³-hybridized carbons (Fsp3) is 0.200. The molecule has 0 aliphatic carbocycles. The minimum Gasteiger partial charge on any atom is -0.479 e. The Hall–Kier alpha value is -1.26. The average Bonchev–Trinajstić information content (AvgIpc) is 2.20. The third-order valence-corrected chi connectivity index (χ3v) is 2.75. The minimum absolute atomic E-state index is 0.309. The van der Waals surface area contributed by atoms with Crippen molar-refractivity contribution in [3.8, 4) is 0 Å². The van der Waals surface area contributed by atoms with Crippen LogP contribution >= 0.6 is 23.2 Å². The van der Waals surface area contributed by atoms with E-state index in [2.05, 4.69) is 0 Å². The predicted molar refractivity (Wildman–Crippen MR) is 59.0 cm³/mol. The van der Waals surface area contributed by atoms with Crippen LogP contribution in [-0.2, 0) is 16.0 Å². The first-order valence-corrected chi connectivity index (χ1v) is 5.02. The van der Waals surface area contributed by atoms with Gasteiger partial charge in [-0.05, 0) is 17.7 Å². The van der Waals surface area contributed by atoms with Crippen LogP contribution in [0, 0.1) is 0 Å². The Balaban J connectivity index is 2.97. The van der Waals surface area contributed by atoms with E-state index in [1.807, 2.05) is 0 Å². The number of hydrogen-bond donors (Lipinski definition) is 2. The Morgan fingerprint density at radius 3 is 1.94 bits per heavy atom. The van der Waals surface area contributed by atoms with Gasteiger partial charge in [-0.1, -0.05) is 35.3 Å². The number of hydrogen-bond acceptors (Lipinski definition) is 2. The SMILES string of the molecule is O=C(O)C(Cl)(Cc1ccc(Cl)cc1)C(=O)O. The standard InChI is InChI=1S/C10H8Cl2O4/c11-7-3-1-6(2-4-7)5-10(12,8(13)14)9(15)16/h1-4H,5H2,(H,13,14)(H,15,16). The molecule has 2 N–H and O–H groups in total. The lowest BCUT2D eigenvalue weighted by atomic mass is 9.99. The van der Waals surface area contributed by atoms with Crippen LogP contribution in [0.2, 0.25) is 5.02 Å². The Morgan fingerprint density at radius 2 is 1.56 bits per heavy atom. The van der Waals surface area contributed by atoms with Crippen molar-refractivity contribution in [1.29, 1.82) is 0 Å². The highest BCUT2D eigenvalue weighted by atomic mass is 35.5. The van der Waals surface area contributed by atoms with Gasteiger partial charge in [-0.2, -0.15) is 0 Å². The first-order chi connectivity index (χ1) is 7.36. The summed E-state index contributed by atoms with van der Waals surface area (Å²) in [6.45, 7) is 0. The highest BCUT2D eigenvalue weighted by molar-refractivity contribution is 6.44. The third-order valence-electron chi connectivity index (χ3n) is 2.04. The minimum atomic E-state index is -2.34. The lowest BCUT2D eigenvalue weighted by molar-refractivity contribution is -0.152. The molecule has 0 aromatic heterocycles. The van der Waals surface area contributed by atoms with Crippen LogP contribution in [0.15, 0.2) is 24.3 Å². The molecule has 16 heavy (non-hydrogen) atoms. The van der Waals surface area contributed by atoms with Gasteiger partial charge in [-0.3, -0.25) is 0 Å². The predicted octanol–water partition coefficient (Wildman–Crippen LogP) is 2.03. The summed E-state index contributed by atoms with van der Waals surface area (Å²) in [7, 11) is 0. The summed E-state index contributed by atoms with van der Waals surface area (Å²) < 4.78 is 0. The first kappa shape index (κ1) is 12.8. The van der Waals surface area contributed by atoms with Gasteiger partial charge in [0.15, 0.2) is 0 Å². The molecule has 0 bridgehead atoms. The van der Waals surface area contributed by atoms with Gasteiger partial charge < -0.3 is 10.2 Å². The zero-order valence-electron chi connectivity index (χ0n) is 7.98. The Morgan fingerprint density at radius 1 is 1.12 bits per heavy atom. The largest absolute Gasteiger partial charge is 0.479 e. The monoisotopic (exact) mass is 262 g/mol. The number of benzene rings is 1. The van der Waals surface area contributed by atoms with E-state index in [9.17, 15) is 9.59 Å². The van der Waals surface area contributed by atoms with Gasteiger partial charge in [0, 0.05) is 11.4 Å². The molecule has 1 aromatic carbocycles. The van der Waals surface area contributed by atoms with Crippen molar-refractivity contribution >= 4 is 35.1 Å². The fourth-order valence-corrected chi connectivity index (χ4v) is 1.41. The summed E-state index contributed by atoms with van der Waals surface area (Å²) in [6, 6.07) is 6.15. The molecule has 0 unspecified atom stereocenters. The average molecular weight is 263 g/mol. The van der Waals surface area contributed by atoms with Crippen LogP contribution in [-0.4, -0.2) is 27.0 Å². The van der Waals surface area contributed by atoms with Crippen molar-refractivity contribution in [2.75, 3.05) is 0 Å². The topological polar surface area (TPSA) is 74.6 Å². The number of carboxylic acids is 2. The highest BCUT2D eigenvalue weighted by Gasteiger charge is 2.44. The van der Waals surface area contributed by atoms with Gasteiger partial charge in [0.1, 0.15) is 0 Å². The number of alkyl halides is 1. The molecule has 0 fully saturated rings. The van der Waals surface area contributed by atoms with E-state index in [0.717, 1.165) is 0 Å². The molecule has 0 spiro atoms. The maximum atomic E-state index is 10.8. The maximum absolute atomic E-state index is 10.8. The molecule has 1 rings (SSSR count). The van der Waals surface area contributed by atoms with Crippen molar-refractivity contribution in [3.05, 3.63) is 34.9 Å². The van der Waals surface area contributed by atoms with E-state index in [0.29, 0.717) is 10.6 Å².